The number of rotatable bonds is 7. The number of sulfonamides is 1. The van der Waals surface area contributed by atoms with E-state index in [2.05, 4.69) is 6.58 Å². The van der Waals surface area contributed by atoms with Crippen molar-refractivity contribution >= 4 is 21.8 Å². The standard InChI is InChI=1S/C26H27F3N2O4S/c1-2-18-3-7-24-20(13-18)4-5-22(15-26(27,28)29)31(24)36(32,33)23-6-8-25(21(14-23)16-30)35-17-19-9-11-34-12-10-19/h2-3,6-8,13-14,19,22H,1,4-5,9-12,15,17H2. The van der Waals surface area contributed by atoms with Crippen LogP contribution in [0.2, 0.25) is 0 Å². The SMILES string of the molecule is C=Cc1ccc2c(c1)CCC(CC(F)(F)F)N2S(=O)(=O)c1ccc(OCC2CCOCC2)c(C#N)c1. The van der Waals surface area contributed by atoms with Crippen molar-refractivity contribution < 1.29 is 31.1 Å². The van der Waals surface area contributed by atoms with Crippen LogP contribution in [0.1, 0.15) is 42.4 Å². The third-order valence-corrected chi connectivity index (χ3v) is 8.43. The van der Waals surface area contributed by atoms with Crippen molar-refractivity contribution in [3.05, 3.63) is 59.7 Å². The normalized spacial score (nSPS) is 18.8. The first-order chi connectivity index (χ1) is 17.1. The molecule has 2 aromatic carbocycles. The van der Waals surface area contributed by atoms with Crippen molar-refractivity contribution in [2.45, 2.75) is 49.2 Å². The van der Waals surface area contributed by atoms with Crippen LogP contribution < -0.4 is 9.04 Å². The van der Waals surface area contributed by atoms with E-state index in [4.69, 9.17) is 9.47 Å². The molecule has 2 aliphatic rings. The minimum atomic E-state index is -4.54. The Hall–Kier alpha value is -3.03. The van der Waals surface area contributed by atoms with E-state index in [1.807, 2.05) is 6.07 Å². The molecule has 1 saturated heterocycles. The van der Waals surface area contributed by atoms with Crippen LogP contribution in [0.3, 0.4) is 0 Å². The van der Waals surface area contributed by atoms with Crippen molar-refractivity contribution in [3.63, 3.8) is 0 Å². The Bertz CT molecular complexity index is 1260. The molecule has 0 bridgehead atoms. The van der Waals surface area contributed by atoms with Gasteiger partial charge < -0.3 is 9.47 Å². The predicted molar refractivity (Wildman–Crippen MR) is 129 cm³/mol. The summed E-state index contributed by atoms with van der Waals surface area (Å²) in [5.74, 6) is 0.506. The molecule has 2 aromatic rings. The lowest BCUT2D eigenvalue weighted by molar-refractivity contribution is -0.138. The first-order valence-electron chi connectivity index (χ1n) is 11.7. The van der Waals surface area contributed by atoms with Gasteiger partial charge >= 0.3 is 6.18 Å². The van der Waals surface area contributed by atoms with E-state index in [-0.39, 0.29) is 34.2 Å². The van der Waals surface area contributed by atoms with Gasteiger partial charge in [0.05, 0.1) is 35.2 Å². The molecule has 2 heterocycles. The van der Waals surface area contributed by atoms with Gasteiger partial charge in [-0.1, -0.05) is 18.7 Å². The third-order valence-electron chi connectivity index (χ3n) is 6.57. The molecule has 36 heavy (non-hydrogen) atoms. The Morgan fingerprint density at radius 3 is 2.58 bits per heavy atom. The summed E-state index contributed by atoms with van der Waals surface area (Å²) in [5.41, 5.74) is 1.60. The number of nitrogens with zero attached hydrogens (tertiary/aromatic N) is 2. The predicted octanol–water partition coefficient (Wildman–Crippen LogP) is 5.47. The molecule has 10 heteroatoms. The number of alkyl halides is 3. The van der Waals surface area contributed by atoms with Crippen molar-refractivity contribution in [2.75, 3.05) is 24.1 Å². The molecule has 1 unspecified atom stereocenters. The molecule has 6 nitrogen and oxygen atoms in total. The highest BCUT2D eigenvalue weighted by Crippen LogP contribution is 2.40. The average molecular weight is 521 g/mol. The van der Waals surface area contributed by atoms with Gasteiger partial charge in [-0.25, -0.2) is 8.42 Å². The van der Waals surface area contributed by atoms with Crippen molar-refractivity contribution in [3.8, 4) is 11.8 Å². The van der Waals surface area contributed by atoms with E-state index < -0.39 is 28.7 Å². The number of halogens is 3. The minimum Gasteiger partial charge on any atom is -0.492 e. The highest BCUT2D eigenvalue weighted by atomic mass is 32.2. The van der Waals surface area contributed by atoms with Gasteiger partial charge in [-0.15, -0.1) is 0 Å². The number of hydrogen-bond acceptors (Lipinski definition) is 5. The van der Waals surface area contributed by atoms with Crippen LogP contribution in [0.15, 0.2) is 47.9 Å². The van der Waals surface area contributed by atoms with Gasteiger partial charge in [0.15, 0.2) is 0 Å². The Labute approximate surface area is 209 Å². The fourth-order valence-electron chi connectivity index (χ4n) is 4.68. The van der Waals surface area contributed by atoms with Crippen molar-refractivity contribution in [1.29, 1.82) is 5.26 Å². The zero-order valence-electron chi connectivity index (χ0n) is 19.6. The molecule has 0 aromatic heterocycles. The second kappa shape index (κ2) is 10.5. The summed E-state index contributed by atoms with van der Waals surface area (Å²) >= 11 is 0. The minimum absolute atomic E-state index is 0.00902. The number of fused-ring (bicyclic) bond motifs is 1. The maximum atomic E-state index is 13.8. The lowest BCUT2D eigenvalue weighted by atomic mass is 9.94. The Morgan fingerprint density at radius 1 is 1.17 bits per heavy atom. The van der Waals surface area contributed by atoms with Crippen LogP contribution >= 0.6 is 0 Å². The lowest BCUT2D eigenvalue weighted by Crippen LogP contribution is -2.45. The number of aryl methyl sites for hydroxylation is 1. The number of anilines is 1. The average Bonchev–Trinajstić information content (AvgIpc) is 2.86. The largest absolute Gasteiger partial charge is 0.492 e. The van der Waals surface area contributed by atoms with Gasteiger partial charge in [0.2, 0.25) is 0 Å². The number of ether oxygens (including phenoxy) is 2. The smallest absolute Gasteiger partial charge is 0.391 e. The maximum absolute atomic E-state index is 13.8. The summed E-state index contributed by atoms with van der Waals surface area (Å²) in [4.78, 5) is -0.259. The highest BCUT2D eigenvalue weighted by molar-refractivity contribution is 7.92. The van der Waals surface area contributed by atoms with Gasteiger partial charge in [0.25, 0.3) is 10.0 Å². The van der Waals surface area contributed by atoms with E-state index >= 15 is 0 Å². The van der Waals surface area contributed by atoms with Crippen LogP contribution in [0, 0.1) is 17.2 Å². The van der Waals surface area contributed by atoms with Crippen LogP contribution in [0.4, 0.5) is 18.9 Å². The van der Waals surface area contributed by atoms with E-state index in [0.717, 1.165) is 22.7 Å². The lowest BCUT2D eigenvalue weighted by Gasteiger charge is -2.38. The molecule has 2 aliphatic heterocycles. The molecular weight excluding hydrogens is 493 g/mol. The van der Waals surface area contributed by atoms with Crippen molar-refractivity contribution in [2.24, 2.45) is 5.92 Å². The maximum Gasteiger partial charge on any atom is 0.391 e. The molecule has 1 fully saturated rings. The zero-order valence-corrected chi connectivity index (χ0v) is 20.4. The molecule has 0 aliphatic carbocycles. The molecule has 0 radical (unpaired) electrons. The molecule has 4 rings (SSSR count). The molecule has 0 spiro atoms. The number of nitriles is 1. The summed E-state index contributed by atoms with van der Waals surface area (Å²) in [6.45, 7) is 5.35. The zero-order chi connectivity index (χ0) is 25.9. The van der Waals surface area contributed by atoms with E-state index in [0.29, 0.717) is 31.8 Å². The fourth-order valence-corrected chi connectivity index (χ4v) is 6.42. The van der Waals surface area contributed by atoms with Crippen LogP contribution in [-0.4, -0.2) is 40.5 Å². The van der Waals surface area contributed by atoms with Crippen LogP contribution in [-0.2, 0) is 21.2 Å². The first kappa shape index (κ1) is 26.0. The quantitative estimate of drug-likeness (QED) is 0.484. The number of benzene rings is 2. The van der Waals surface area contributed by atoms with E-state index in [1.165, 1.54) is 24.3 Å². The second-order valence-electron chi connectivity index (χ2n) is 9.04. The van der Waals surface area contributed by atoms with Crippen LogP contribution in [0.5, 0.6) is 5.75 Å². The molecular formula is C26H27F3N2O4S. The van der Waals surface area contributed by atoms with Crippen LogP contribution in [0.25, 0.3) is 6.08 Å². The van der Waals surface area contributed by atoms with Gasteiger partial charge in [0, 0.05) is 13.2 Å². The van der Waals surface area contributed by atoms with Gasteiger partial charge in [0.1, 0.15) is 11.8 Å². The van der Waals surface area contributed by atoms with Crippen molar-refractivity contribution in [1.82, 2.24) is 0 Å². The molecule has 192 valence electrons. The molecule has 0 saturated carbocycles. The molecule has 0 N–H and O–H groups in total. The molecule has 1 atom stereocenters. The Morgan fingerprint density at radius 2 is 1.92 bits per heavy atom. The van der Waals surface area contributed by atoms with Gasteiger partial charge in [-0.3, -0.25) is 4.31 Å². The first-order valence-corrected chi connectivity index (χ1v) is 13.2. The van der Waals surface area contributed by atoms with E-state index in [9.17, 15) is 26.9 Å². The summed E-state index contributed by atoms with van der Waals surface area (Å²) in [5, 5.41) is 9.66. The number of hydrogen-bond donors (Lipinski definition) is 0. The Balaban J connectivity index is 1.68. The fraction of sp³-hybridized carbons (Fsp3) is 0.423. The van der Waals surface area contributed by atoms with Gasteiger partial charge in [-0.2, -0.15) is 18.4 Å². The monoisotopic (exact) mass is 520 g/mol. The summed E-state index contributed by atoms with van der Waals surface area (Å²) in [7, 11) is -4.42. The Kier molecular flexibility index (Phi) is 7.62. The summed E-state index contributed by atoms with van der Waals surface area (Å²) in [6.07, 6.45) is -2.23. The topological polar surface area (TPSA) is 79.6 Å². The van der Waals surface area contributed by atoms with Gasteiger partial charge in [-0.05, 0) is 73.1 Å². The van der Waals surface area contributed by atoms with E-state index in [1.54, 1.807) is 18.2 Å². The highest BCUT2D eigenvalue weighted by Gasteiger charge is 2.42. The molecule has 0 amide bonds. The third kappa shape index (κ3) is 5.68. The summed E-state index contributed by atoms with van der Waals surface area (Å²) in [6, 6.07) is 9.39. The second-order valence-corrected chi connectivity index (χ2v) is 10.9. The summed E-state index contributed by atoms with van der Waals surface area (Å²) < 4.78 is 79.7.